The zero-order valence-electron chi connectivity index (χ0n) is 11.6. The van der Waals surface area contributed by atoms with Gasteiger partial charge in [-0.25, -0.2) is 4.79 Å². The summed E-state index contributed by atoms with van der Waals surface area (Å²) in [5.41, 5.74) is 1.31. The summed E-state index contributed by atoms with van der Waals surface area (Å²) in [6.45, 7) is 2.50. The summed E-state index contributed by atoms with van der Waals surface area (Å²) in [5, 5.41) is 9.45. The standard InChI is InChI=1S/C14H16N4O2S/c1-2-3-8-20-13(19)10-4-6-11(7-5-10)16-12-9-15-18-14(21)17-12/h4-7,9H,2-3,8H2,1H3,(H2,16,17,18,21). The first kappa shape index (κ1) is 15.1. The van der Waals surface area contributed by atoms with Crippen molar-refractivity contribution in [3.8, 4) is 0 Å². The zero-order chi connectivity index (χ0) is 15.1. The predicted octanol–water partition coefficient (Wildman–Crippen LogP) is 3.23. The first-order valence-corrected chi connectivity index (χ1v) is 7.06. The minimum absolute atomic E-state index is 0.302. The molecule has 0 spiro atoms. The van der Waals surface area contributed by atoms with E-state index in [9.17, 15) is 4.79 Å². The van der Waals surface area contributed by atoms with Crippen LogP contribution in [0.15, 0.2) is 30.5 Å². The largest absolute Gasteiger partial charge is 0.462 e. The van der Waals surface area contributed by atoms with Crippen LogP contribution in [0.4, 0.5) is 11.5 Å². The van der Waals surface area contributed by atoms with Crippen LogP contribution >= 0.6 is 12.2 Å². The lowest BCUT2D eigenvalue weighted by Gasteiger charge is -2.06. The number of carbonyl (C=O) groups is 1. The number of rotatable bonds is 6. The van der Waals surface area contributed by atoms with Crippen molar-refractivity contribution in [2.75, 3.05) is 11.9 Å². The fourth-order valence-corrected chi connectivity index (χ4v) is 1.75. The maximum Gasteiger partial charge on any atom is 0.338 e. The van der Waals surface area contributed by atoms with E-state index < -0.39 is 0 Å². The molecule has 0 saturated carbocycles. The van der Waals surface area contributed by atoms with E-state index in [1.165, 1.54) is 6.20 Å². The first-order chi connectivity index (χ1) is 10.2. The van der Waals surface area contributed by atoms with Crippen LogP contribution in [0, 0.1) is 4.77 Å². The number of anilines is 2. The van der Waals surface area contributed by atoms with Crippen molar-refractivity contribution in [3.05, 3.63) is 40.8 Å². The van der Waals surface area contributed by atoms with E-state index in [2.05, 4.69) is 20.5 Å². The zero-order valence-corrected chi connectivity index (χ0v) is 12.4. The molecular weight excluding hydrogens is 288 g/mol. The molecule has 0 bridgehead atoms. The molecule has 2 N–H and O–H groups in total. The Balaban J connectivity index is 1.98. The van der Waals surface area contributed by atoms with Gasteiger partial charge in [-0.15, -0.1) is 0 Å². The summed E-state index contributed by atoms with van der Waals surface area (Å²) in [6.07, 6.45) is 3.40. The highest BCUT2D eigenvalue weighted by Gasteiger charge is 2.06. The molecule has 0 unspecified atom stereocenters. The van der Waals surface area contributed by atoms with Crippen LogP contribution < -0.4 is 5.32 Å². The molecule has 1 heterocycles. The number of aromatic nitrogens is 3. The smallest absolute Gasteiger partial charge is 0.338 e. The van der Waals surface area contributed by atoms with Crippen molar-refractivity contribution >= 4 is 29.7 Å². The summed E-state index contributed by atoms with van der Waals surface area (Å²) in [6, 6.07) is 6.96. The maximum absolute atomic E-state index is 11.8. The third kappa shape index (κ3) is 4.64. The number of hydrogen-bond acceptors (Lipinski definition) is 6. The van der Waals surface area contributed by atoms with Gasteiger partial charge in [0, 0.05) is 5.69 Å². The Morgan fingerprint density at radius 1 is 1.38 bits per heavy atom. The number of carbonyl (C=O) groups excluding carboxylic acids is 1. The number of H-pyrrole nitrogens is 1. The Hall–Kier alpha value is -2.28. The highest BCUT2D eigenvalue weighted by molar-refractivity contribution is 7.71. The highest BCUT2D eigenvalue weighted by atomic mass is 32.1. The molecule has 0 fully saturated rings. The normalized spacial score (nSPS) is 10.1. The Bertz CT molecular complexity index is 655. The number of aromatic amines is 1. The Kier molecular flexibility index (Phi) is 5.39. The van der Waals surface area contributed by atoms with Crippen molar-refractivity contribution in [3.63, 3.8) is 0 Å². The van der Waals surface area contributed by atoms with Gasteiger partial charge in [0.1, 0.15) is 0 Å². The van der Waals surface area contributed by atoms with E-state index >= 15 is 0 Å². The van der Waals surface area contributed by atoms with Gasteiger partial charge in [-0.05, 0) is 42.9 Å². The quantitative estimate of drug-likeness (QED) is 0.484. The fourth-order valence-electron chi connectivity index (χ4n) is 1.60. The molecule has 0 radical (unpaired) electrons. The third-order valence-corrected chi connectivity index (χ3v) is 2.88. The lowest BCUT2D eigenvalue weighted by Crippen LogP contribution is -2.06. The molecule has 0 aliphatic rings. The molecule has 1 aromatic heterocycles. The monoisotopic (exact) mass is 304 g/mol. The molecule has 7 heteroatoms. The number of ether oxygens (including phenoxy) is 1. The highest BCUT2D eigenvalue weighted by Crippen LogP contribution is 2.14. The molecule has 21 heavy (non-hydrogen) atoms. The maximum atomic E-state index is 11.8. The summed E-state index contributed by atoms with van der Waals surface area (Å²) in [4.78, 5) is 15.8. The van der Waals surface area contributed by atoms with Gasteiger partial charge in [-0.2, -0.15) is 10.1 Å². The van der Waals surface area contributed by atoms with Crippen LogP contribution in [-0.2, 0) is 4.74 Å². The van der Waals surface area contributed by atoms with Crippen LogP contribution in [0.2, 0.25) is 0 Å². The minimum atomic E-state index is -0.308. The average molecular weight is 304 g/mol. The van der Waals surface area contributed by atoms with Gasteiger partial charge in [0.25, 0.3) is 0 Å². The molecule has 0 atom stereocenters. The van der Waals surface area contributed by atoms with Crippen molar-refractivity contribution in [2.45, 2.75) is 19.8 Å². The van der Waals surface area contributed by atoms with E-state index in [1.54, 1.807) is 24.3 Å². The molecule has 2 rings (SSSR count). The molecule has 0 saturated heterocycles. The Morgan fingerprint density at radius 3 is 2.81 bits per heavy atom. The second-order valence-electron chi connectivity index (χ2n) is 4.36. The minimum Gasteiger partial charge on any atom is -0.462 e. The molecule has 0 aliphatic heterocycles. The summed E-state index contributed by atoms with van der Waals surface area (Å²) < 4.78 is 5.44. The van der Waals surface area contributed by atoms with Gasteiger partial charge < -0.3 is 10.1 Å². The van der Waals surface area contributed by atoms with Gasteiger partial charge in [-0.1, -0.05) is 13.3 Å². The summed E-state index contributed by atoms with van der Waals surface area (Å²) >= 11 is 4.89. The molecular formula is C14H16N4O2S. The van der Waals surface area contributed by atoms with Gasteiger partial charge in [0.05, 0.1) is 18.4 Å². The van der Waals surface area contributed by atoms with Crippen molar-refractivity contribution in [1.82, 2.24) is 15.2 Å². The van der Waals surface area contributed by atoms with Crippen LogP contribution in [0.5, 0.6) is 0 Å². The van der Waals surface area contributed by atoms with Crippen LogP contribution in [0.25, 0.3) is 0 Å². The molecule has 6 nitrogen and oxygen atoms in total. The molecule has 1 aromatic carbocycles. The van der Waals surface area contributed by atoms with E-state index in [-0.39, 0.29) is 5.97 Å². The molecule has 110 valence electrons. The topological polar surface area (TPSA) is 79.9 Å². The number of hydrogen-bond donors (Lipinski definition) is 2. The van der Waals surface area contributed by atoms with Crippen LogP contribution in [0.3, 0.4) is 0 Å². The SMILES string of the molecule is CCCCOC(=O)c1ccc(Nc2cn[nH]c(=S)n2)cc1. The fraction of sp³-hybridized carbons (Fsp3) is 0.286. The van der Waals surface area contributed by atoms with Gasteiger partial charge >= 0.3 is 5.97 Å². The average Bonchev–Trinajstić information content (AvgIpc) is 2.48. The Morgan fingerprint density at radius 2 is 2.14 bits per heavy atom. The van der Waals surface area contributed by atoms with E-state index in [0.717, 1.165) is 18.5 Å². The lowest BCUT2D eigenvalue weighted by atomic mass is 10.2. The number of esters is 1. The summed E-state index contributed by atoms with van der Waals surface area (Å²) in [5.74, 6) is 0.231. The number of nitrogens with zero attached hydrogens (tertiary/aromatic N) is 2. The first-order valence-electron chi connectivity index (χ1n) is 6.65. The van der Waals surface area contributed by atoms with Crippen LogP contribution in [-0.4, -0.2) is 27.8 Å². The third-order valence-electron chi connectivity index (χ3n) is 2.69. The van der Waals surface area contributed by atoms with Gasteiger partial charge in [-0.3, -0.25) is 5.10 Å². The van der Waals surface area contributed by atoms with E-state index in [4.69, 9.17) is 17.0 Å². The van der Waals surface area contributed by atoms with Crippen LogP contribution in [0.1, 0.15) is 30.1 Å². The van der Waals surface area contributed by atoms with Crippen molar-refractivity contribution in [1.29, 1.82) is 0 Å². The van der Waals surface area contributed by atoms with Gasteiger partial charge in [0.15, 0.2) is 5.82 Å². The second-order valence-corrected chi connectivity index (χ2v) is 4.75. The Labute approximate surface area is 127 Å². The van der Waals surface area contributed by atoms with Crippen molar-refractivity contribution in [2.24, 2.45) is 0 Å². The lowest BCUT2D eigenvalue weighted by molar-refractivity contribution is 0.0500. The molecule has 2 aromatic rings. The molecule has 0 amide bonds. The van der Waals surface area contributed by atoms with Crippen molar-refractivity contribution < 1.29 is 9.53 Å². The number of benzene rings is 1. The van der Waals surface area contributed by atoms with E-state index in [0.29, 0.717) is 22.8 Å². The molecule has 0 aliphatic carbocycles. The second kappa shape index (κ2) is 7.49. The summed E-state index contributed by atoms with van der Waals surface area (Å²) in [7, 11) is 0. The predicted molar refractivity (Wildman–Crippen MR) is 82.1 cm³/mol. The number of unbranched alkanes of at least 4 members (excludes halogenated alkanes) is 1. The number of nitrogens with one attached hydrogen (secondary N) is 2. The van der Waals surface area contributed by atoms with E-state index in [1.807, 2.05) is 6.92 Å². The van der Waals surface area contributed by atoms with Gasteiger partial charge in [0.2, 0.25) is 4.77 Å².